The van der Waals surface area contributed by atoms with Crippen molar-refractivity contribution in [2.45, 2.75) is 17.6 Å². The van der Waals surface area contributed by atoms with Crippen molar-refractivity contribution in [2.24, 2.45) is 5.84 Å². The lowest BCUT2D eigenvalue weighted by Gasteiger charge is -2.01. The van der Waals surface area contributed by atoms with E-state index in [-0.39, 0.29) is 11.5 Å². The van der Waals surface area contributed by atoms with Gasteiger partial charge in [-0.2, -0.15) is 0 Å². The molecule has 0 fully saturated rings. The minimum Gasteiger partial charge on any atom is -0.508 e. The quantitative estimate of drug-likeness (QED) is 0.345. The predicted molar refractivity (Wildman–Crippen MR) is 72.8 cm³/mol. The molecule has 1 amide bonds. The molecule has 0 aliphatic carbocycles. The first-order valence-electron chi connectivity index (χ1n) is 5.62. The highest BCUT2D eigenvalue weighted by molar-refractivity contribution is 7.98. The van der Waals surface area contributed by atoms with Crippen LogP contribution in [0.5, 0.6) is 5.75 Å². The SMILES string of the molecule is Cc1oc(C(=O)NN)cc1CSc1cccc(O)c1. The van der Waals surface area contributed by atoms with Gasteiger partial charge in [0.25, 0.3) is 0 Å². The molecular weight excluding hydrogens is 264 g/mol. The summed E-state index contributed by atoms with van der Waals surface area (Å²) in [6.07, 6.45) is 0. The highest BCUT2D eigenvalue weighted by Crippen LogP contribution is 2.28. The minimum atomic E-state index is -0.447. The van der Waals surface area contributed by atoms with Crippen molar-refractivity contribution in [2.75, 3.05) is 0 Å². The molecule has 6 heteroatoms. The predicted octanol–water partition coefficient (Wildman–Crippen LogP) is 2.19. The maximum atomic E-state index is 11.3. The molecule has 100 valence electrons. The third kappa shape index (κ3) is 3.30. The van der Waals surface area contributed by atoms with Crippen LogP contribution in [0.15, 0.2) is 39.6 Å². The summed E-state index contributed by atoms with van der Waals surface area (Å²) in [7, 11) is 0. The molecule has 0 radical (unpaired) electrons. The van der Waals surface area contributed by atoms with Crippen LogP contribution in [-0.4, -0.2) is 11.0 Å². The number of benzene rings is 1. The number of nitrogen functional groups attached to an aromatic ring is 1. The number of aryl methyl sites for hydroxylation is 1. The summed E-state index contributed by atoms with van der Waals surface area (Å²) >= 11 is 1.55. The lowest BCUT2D eigenvalue weighted by molar-refractivity contribution is 0.0924. The highest BCUT2D eigenvalue weighted by atomic mass is 32.2. The molecular formula is C13H14N2O3S. The number of thioether (sulfide) groups is 1. The Morgan fingerprint density at radius 1 is 1.47 bits per heavy atom. The van der Waals surface area contributed by atoms with Gasteiger partial charge in [0.05, 0.1) is 0 Å². The third-order valence-corrected chi connectivity index (χ3v) is 3.63. The molecule has 0 saturated carbocycles. The maximum absolute atomic E-state index is 11.3. The first-order chi connectivity index (χ1) is 9.10. The summed E-state index contributed by atoms with van der Waals surface area (Å²) in [5.41, 5.74) is 2.95. The Labute approximate surface area is 114 Å². The Bertz CT molecular complexity index is 595. The number of carbonyl (C=O) groups is 1. The first kappa shape index (κ1) is 13.5. The van der Waals surface area contributed by atoms with E-state index >= 15 is 0 Å². The monoisotopic (exact) mass is 278 g/mol. The van der Waals surface area contributed by atoms with E-state index in [1.165, 1.54) is 0 Å². The van der Waals surface area contributed by atoms with Crippen LogP contribution in [0, 0.1) is 6.92 Å². The molecule has 0 bridgehead atoms. The Balaban J connectivity index is 2.07. The Hall–Kier alpha value is -1.92. The van der Waals surface area contributed by atoms with Crippen molar-refractivity contribution in [1.29, 1.82) is 0 Å². The summed E-state index contributed by atoms with van der Waals surface area (Å²) in [4.78, 5) is 12.3. The fourth-order valence-electron chi connectivity index (χ4n) is 1.58. The number of nitrogens with one attached hydrogen (secondary N) is 1. The van der Waals surface area contributed by atoms with E-state index in [9.17, 15) is 9.90 Å². The van der Waals surface area contributed by atoms with Gasteiger partial charge in [-0.25, -0.2) is 5.84 Å². The summed E-state index contributed by atoms with van der Waals surface area (Å²) in [6, 6.07) is 8.68. The number of phenols is 1. The molecule has 1 aromatic carbocycles. The average molecular weight is 278 g/mol. The molecule has 19 heavy (non-hydrogen) atoms. The topological polar surface area (TPSA) is 88.5 Å². The molecule has 4 N–H and O–H groups in total. The maximum Gasteiger partial charge on any atom is 0.300 e. The van der Waals surface area contributed by atoms with Crippen LogP contribution in [0.4, 0.5) is 0 Å². The number of phenolic OH excluding ortho intramolecular Hbond substituents is 1. The summed E-state index contributed by atoms with van der Waals surface area (Å²) in [5.74, 6) is 6.37. The molecule has 2 aromatic rings. The van der Waals surface area contributed by atoms with Gasteiger partial charge in [0.2, 0.25) is 0 Å². The van der Waals surface area contributed by atoms with Crippen LogP contribution in [-0.2, 0) is 5.75 Å². The highest BCUT2D eigenvalue weighted by Gasteiger charge is 2.13. The van der Waals surface area contributed by atoms with Gasteiger partial charge in [-0.15, -0.1) is 11.8 Å². The second-order valence-electron chi connectivity index (χ2n) is 3.95. The van der Waals surface area contributed by atoms with Gasteiger partial charge >= 0.3 is 5.91 Å². The minimum absolute atomic E-state index is 0.200. The van der Waals surface area contributed by atoms with Gasteiger partial charge in [-0.1, -0.05) is 6.07 Å². The van der Waals surface area contributed by atoms with Crippen molar-refractivity contribution in [3.8, 4) is 5.75 Å². The lowest BCUT2D eigenvalue weighted by Crippen LogP contribution is -2.29. The molecule has 0 aliphatic rings. The van der Waals surface area contributed by atoms with Gasteiger partial charge in [-0.05, 0) is 31.2 Å². The van der Waals surface area contributed by atoms with Gasteiger partial charge in [-0.3, -0.25) is 10.2 Å². The van der Waals surface area contributed by atoms with Crippen molar-refractivity contribution in [1.82, 2.24) is 5.43 Å². The van der Waals surface area contributed by atoms with Crippen LogP contribution in [0.25, 0.3) is 0 Å². The van der Waals surface area contributed by atoms with E-state index in [0.717, 1.165) is 10.5 Å². The van der Waals surface area contributed by atoms with Gasteiger partial charge in [0.15, 0.2) is 5.76 Å². The molecule has 0 saturated heterocycles. The molecule has 1 aromatic heterocycles. The summed E-state index contributed by atoms with van der Waals surface area (Å²) in [6.45, 7) is 1.80. The molecule has 0 spiro atoms. The van der Waals surface area contributed by atoms with Crippen LogP contribution in [0.2, 0.25) is 0 Å². The second-order valence-corrected chi connectivity index (χ2v) is 5.00. The Morgan fingerprint density at radius 2 is 2.26 bits per heavy atom. The van der Waals surface area contributed by atoms with Crippen LogP contribution < -0.4 is 11.3 Å². The zero-order chi connectivity index (χ0) is 13.8. The van der Waals surface area contributed by atoms with Crippen molar-refractivity contribution in [3.63, 3.8) is 0 Å². The van der Waals surface area contributed by atoms with Crippen molar-refractivity contribution >= 4 is 17.7 Å². The summed E-state index contributed by atoms with van der Waals surface area (Å²) < 4.78 is 5.32. The number of nitrogens with two attached hydrogens (primary N) is 1. The zero-order valence-electron chi connectivity index (χ0n) is 10.3. The molecule has 2 rings (SSSR count). The van der Waals surface area contributed by atoms with Gasteiger partial charge in [0, 0.05) is 16.2 Å². The number of hydrogen-bond donors (Lipinski definition) is 3. The van der Waals surface area contributed by atoms with Crippen LogP contribution in [0.1, 0.15) is 21.9 Å². The lowest BCUT2D eigenvalue weighted by atomic mass is 10.3. The van der Waals surface area contributed by atoms with E-state index in [1.54, 1.807) is 43.0 Å². The fraction of sp³-hybridized carbons (Fsp3) is 0.154. The van der Waals surface area contributed by atoms with Crippen molar-refractivity contribution < 1.29 is 14.3 Å². The van der Waals surface area contributed by atoms with E-state index < -0.39 is 5.91 Å². The number of hydrogen-bond acceptors (Lipinski definition) is 5. The second kappa shape index (κ2) is 5.81. The Kier molecular flexibility index (Phi) is 4.13. The number of hydrazine groups is 1. The first-order valence-corrected chi connectivity index (χ1v) is 6.61. The number of carbonyl (C=O) groups excluding carboxylic acids is 1. The third-order valence-electron chi connectivity index (χ3n) is 2.59. The largest absolute Gasteiger partial charge is 0.508 e. The number of rotatable bonds is 4. The van der Waals surface area contributed by atoms with E-state index in [4.69, 9.17) is 10.3 Å². The molecule has 5 nitrogen and oxygen atoms in total. The number of amides is 1. The van der Waals surface area contributed by atoms with Gasteiger partial charge in [0.1, 0.15) is 11.5 Å². The van der Waals surface area contributed by atoms with Gasteiger partial charge < -0.3 is 9.52 Å². The zero-order valence-corrected chi connectivity index (χ0v) is 11.2. The smallest absolute Gasteiger partial charge is 0.300 e. The number of furan rings is 1. The van der Waals surface area contributed by atoms with E-state index in [0.29, 0.717) is 11.5 Å². The fourth-order valence-corrected chi connectivity index (χ4v) is 2.57. The normalized spacial score (nSPS) is 10.4. The molecule has 0 atom stereocenters. The van der Waals surface area contributed by atoms with E-state index in [1.807, 2.05) is 11.5 Å². The van der Waals surface area contributed by atoms with Crippen LogP contribution >= 0.6 is 11.8 Å². The van der Waals surface area contributed by atoms with Crippen LogP contribution in [0.3, 0.4) is 0 Å². The summed E-state index contributed by atoms with van der Waals surface area (Å²) in [5, 5.41) is 9.37. The molecule has 1 heterocycles. The Morgan fingerprint density at radius 3 is 2.95 bits per heavy atom. The number of aromatic hydroxyl groups is 1. The molecule has 0 unspecified atom stereocenters. The standard InChI is InChI=1S/C13H14N2O3S/c1-8-9(5-12(18-8)13(17)15-14)7-19-11-4-2-3-10(16)6-11/h2-6,16H,7,14H2,1H3,(H,15,17). The average Bonchev–Trinajstić information content (AvgIpc) is 2.77. The molecule has 0 aliphatic heterocycles. The van der Waals surface area contributed by atoms with Crippen molar-refractivity contribution in [3.05, 3.63) is 47.4 Å². The van der Waals surface area contributed by atoms with E-state index in [2.05, 4.69) is 0 Å².